The minimum Gasteiger partial charge on any atom is -0.343 e. The molecule has 1 N–H and O–H groups in total. The summed E-state index contributed by atoms with van der Waals surface area (Å²) in [5.41, 5.74) is 5.59. The lowest BCUT2D eigenvalue weighted by molar-refractivity contribution is 0.437. The average Bonchev–Trinajstić information content (AvgIpc) is 3.58. The van der Waals surface area contributed by atoms with Crippen molar-refractivity contribution in [1.29, 1.82) is 5.26 Å². The van der Waals surface area contributed by atoms with E-state index in [1.54, 1.807) is 17.7 Å². The number of fused-ring (bicyclic) bond motifs is 1. The van der Waals surface area contributed by atoms with E-state index in [4.69, 9.17) is 4.98 Å². The van der Waals surface area contributed by atoms with E-state index in [1.165, 1.54) is 19.3 Å². The van der Waals surface area contributed by atoms with Gasteiger partial charge in [-0.1, -0.05) is 42.4 Å². The number of nitrogens with one attached hydrogen (secondary N) is 1. The Morgan fingerprint density at radius 3 is 2.91 bits per heavy atom. The molecule has 0 bridgehead atoms. The van der Waals surface area contributed by atoms with Crippen molar-refractivity contribution in [3.8, 4) is 27.8 Å². The molecule has 7 heteroatoms. The Morgan fingerprint density at radius 2 is 2.06 bits per heavy atom. The number of hydrogen-bond donors (Lipinski definition) is 1. The molecule has 1 saturated heterocycles. The third-order valence-corrected chi connectivity index (χ3v) is 8.02. The Hall–Kier alpha value is -3.34. The first-order chi connectivity index (χ1) is 16.7. The van der Waals surface area contributed by atoms with E-state index < -0.39 is 0 Å². The van der Waals surface area contributed by atoms with Crippen molar-refractivity contribution in [3.63, 3.8) is 0 Å². The number of piperazine rings is 1. The summed E-state index contributed by atoms with van der Waals surface area (Å²) in [5, 5.41) is 15.2. The van der Waals surface area contributed by atoms with Gasteiger partial charge in [-0.2, -0.15) is 5.26 Å². The summed E-state index contributed by atoms with van der Waals surface area (Å²) in [7, 11) is 0. The molecule has 0 spiro atoms. The minimum atomic E-state index is 0.478. The second-order valence-corrected chi connectivity index (χ2v) is 10.3. The van der Waals surface area contributed by atoms with Crippen LogP contribution in [-0.2, 0) is 0 Å². The van der Waals surface area contributed by atoms with Crippen molar-refractivity contribution < 1.29 is 0 Å². The number of nitriles is 1. The molecule has 6 nitrogen and oxygen atoms in total. The van der Waals surface area contributed by atoms with Gasteiger partial charge in [0.25, 0.3) is 0 Å². The second-order valence-electron chi connectivity index (χ2n) is 9.29. The smallest absolute Gasteiger partial charge is 0.186 e. The quantitative estimate of drug-likeness (QED) is 0.437. The molecule has 1 aliphatic heterocycles. The lowest BCUT2D eigenvalue weighted by atomic mass is 10.0. The van der Waals surface area contributed by atoms with E-state index >= 15 is 0 Å². The van der Waals surface area contributed by atoms with Crippen LogP contribution in [0.25, 0.3) is 32.6 Å². The maximum Gasteiger partial charge on any atom is 0.186 e. The number of benzene rings is 2. The third-order valence-electron chi connectivity index (χ3n) is 6.88. The first-order valence-corrected chi connectivity index (χ1v) is 12.7. The van der Waals surface area contributed by atoms with Crippen LogP contribution in [0.5, 0.6) is 0 Å². The van der Waals surface area contributed by atoms with Crippen LogP contribution in [0.1, 0.15) is 30.5 Å². The molecule has 1 unspecified atom stereocenters. The highest BCUT2D eigenvalue weighted by molar-refractivity contribution is 7.19. The standard InChI is InChI=1S/C27H26N6S/c1-17-23-13-21(7-8-24(23)31-16-30-17)26-25(20-4-2-3-19(11-20)14-28)32-27(34-26)33-10-9-29-15-22(33)12-18-5-6-18/h2-4,7-8,11,13,16,18,22,29H,5-6,9-10,12,15H2,1H3. The van der Waals surface area contributed by atoms with Gasteiger partial charge in [0.1, 0.15) is 6.33 Å². The topological polar surface area (TPSA) is 77.7 Å². The monoisotopic (exact) mass is 466 g/mol. The third kappa shape index (κ3) is 4.04. The molecule has 0 radical (unpaired) electrons. The predicted molar refractivity (Wildman–Crippen MR) is 137 cm³/mol. The molecule has 2 aromatic carbocycles. The fourth-order valence-corrected chi connectivity index (χ4v) is 6.03. The van der Waals surface area contributed by atoms with Crippen LogP contribution in [0.15, 0.2) is 48.8 Å². The average molecular weight is 467 g/mol. The molecule has 2 fully saturated rings. The number of nitrogens with zero attached hydrogens (tertiary/aromatic N) is 5. The normalized spacial score (nSPS) is 18.2. The molecular formula is C27H26N6S. The Labute approximate surface area is 203 Å². The molecule has 4 aromatic rings. The summed E-state index contributed by atoms with van der Waals surface area (Å²) in [6, 6.07) is 16.9. The molecule has 6 rings (SSSR count). The van der Waals surface area contributed by atoms with Crippen LogP contribution < -0.4 is 10.2 Å². The molecule has 3 heterocycles. The Bertz CT molecular complexity index is 1400. The molecule has 0 amide bonds. The molecule has 2 aliphatic rings. The van der Waals surface area contributed by atoms with E-state index in [1.807, 2.05) is 25.1 Å². The Kier molecular flexibility index (Phi) is 5.48. The zero-order chi connectivity index (χ0) is 23.1. The molecule has 1 saturated carbocycles. The van der Waals surface area contributed by atoms with Crippen LogP contribution in [0.2, 0.25) is 0 Å². The highest BCUT2D eigenvalue weighted by atomic mass is 32.1. The summed E-state index contributed by atoms with van der Waals surface area (Å²) in [6.07, 6.45) is 5.56. The minimum absolute atomic E-state index is 0.478. The fraction of sp³-hybridized carbons (Fsp3) is 0.333. The van der Waals surface area contributed by atoms with Gasteiger partial charge in [-0.25, -0.2) is 15.0 Å². The van der Waals surface area contributed by atoms with Crippen LogP contribution in [0.3, 0.4) is 0 Å². The van der Waals surface area contributed by atoms with E-state index in [2.05, 4.69) is 50.5 Å². The SMILES string of the molecule is Cc1ncnc2ccc(-c3sc(N4CCNCC4CC4CC4)nc3-c3cccc(C#N)c3)cc12. The van der Waals surface area contributed by atoms with Gasteiger partial charge in [-0.05, 0) is 49.1 Å². The van der Waals surface area contributed by atoms with Gasteiger partial charge in [-0.15, -0.1) is 0 Å². The summed E-state index contributed by atoms with van der Waals surface area (Å²) in [5.74, 6) is 0.863. The zero-order valence-corrected chi connectivity index (χ0v) is 20.0. The highest BCUT2D eigenvalue weighted by Crippen LogP contribution is 2.43. The van der Waals surface area contributed by atoms with Crippen LogP contribution in [0, 0.1) is 24.2 Å². The van der Waals surface area contributed by atoms with Gasteiger partial charge in [0.15, 0.2) is 5.13 Å². The van der Waals surface area contributed by atoms with Crippen molar-refractivity contribution in [3.05, 3.63) is 60.0 Å². The number of hydrogen-bond acceptors (Lipinski definition) is 7. The molecule has 2 aromatic heterocycles. The van der Waals surface area contributed by atoms with Gasteiger partial charge in [0, 0.05) is 42.3 Å². The predicted octanol–water partition coefficient (Wildman–Crippen LogP) is 5.18. The molecule has 170 valence electrons. The van der Waals surface area contributed by atoms with E-state index in [0.29, 0.717) is 11.6 Å². The van der Waals surface area contributed by atoms with Crippen molar-refractivity contribution in [2.75, 3.05) is 24.5 Å². The van der Waals surface area contributed by atoms with Crippen molar-refractivity contribution in [2.45, 2.75) is 32.2 Å². The van der Waals surface area contributed by atoms with Crippen molar-refractivity contribution in [1.82, 2.24) is 20.3 Å². The molecule has 34 heavy (non-hydrogen) atoms. The number of aromatic nitrogens is 3. The number of thiazole rings is 1. The van der Waals surface area contributed by atoms with E-state index in [0.717, 1.165) is 69.0 Å². The number of rotatable bonds is 5. The highest BCUT2D eigenvalue weighted by Gasteiger charge is 2.32. The summed E-state index contributed by atoms with van der Waals surface area (Å²) in [6.45, 7) is 4.97. The van der Waals surface area contributed by atoms with Gasteiger partial charge in [0.2, 0.25) is 0 Å². The van der Waals surface area contributed by atoms with E-state index in [9.17, 15) is 5.26 Å². The Balaban J connectivity index is 1.49. The van der Waals surface area contributed by atoms with Crippen LogP contribution in [-0.4, -0.2) is 40.6 Å². The maximum absolute atomic E-state index is 9.48. The van der Waals surface area contributed by atoms with Gasteiger partial charge >= 0.3 is 0 Å². The Morgan fingerprint density at radius 1 is 1.15 bits per heavy atom. The second kappa shape index (κ2) is 8.79. The van der Waals surface area contributed by atoms with Crippen LogP contribution in [0.4, 0.5) is 5.13 Å². The van der Waals surface area contributed by atoms with Gasteiger partial charge in [0.05, 0.1) is 27.7 Å². The lowest BCUT2D eigenvalue weighted by Crippen LogP contribution is -2.51. The maximum atomic E-state index is 9.48. The molecular weight excluding hydrogens is 440 g/mol. The van der Waals surface area contributed by atoms with Gasteiger partial charge < -0.3 is 10.2 Å². The molecule has 1 aliphatic carbocycles. The summed E-state index contributed by atoms with van der Waals surface area (Å²) in [4.78, 5) is 17.7. The number of aryl methyl sites for hydroxylation is 1. The number of anilines is 1. The first kappa shape index (κ1) is 21.2. The van der Waals surface area contributed by atoms with Crippen LogP contribution >= 0.6 is 11.3 Å². The van der Waals surface area contributed by atoms with Gasteiger partial charge in [-0.3, -0.25) is 0 Å². The van der Waals surface area contributed by atoms with E-state index in [-0.39, 0.29) is 0 Å². The lowest BCUT2D eigenvalue weighted by Gasteiger charge is -2.36. The molecule has 1 atom stereocenters. The summed E-state index contributed by atoms with van der Waals surface area (Å²) < 4.78 is 0. The fourth-order valence-electron chi connectivity index (χ4n) is 4.85. The summed E-state index contributed by atoms with van der Waals surface area (Å²) >= 11 is 1.76. The van der Waals surface area contributed by atoms with Crippen molar-refractivity contribution >= 4 is 27.4 Å². The largest absolute Gasteiger partial charge is 0.343 e. The first-order valence-electron chi connectivity index (χ1n) is 11.9. The zero-order valence-electron chi connectivity index (χ0n) is 19.2. The van der Waals surface area contributed by atoms with Crippen molar-refractivity contribution in [2.24, 2.45) is 5.92 Å².